The topological polar surface area (TPSA) is 12.0 Å². The van der Waals surface area contributed by atoms with Crippen LogP contribution in [0.5, 0.6) is 0 Å². The summed E-state index contributed by atoms with van der Waals surface area (Å²) in [5, 5.41) is 3.45. The lowest BCUT2D eigenvalue weighted by molar-refractivity contribution is 0.990. The van der Waals surface area contributed by atoms with E-state index in [1.165, 1.54) is 33.7 Å². The van der Waals surface area contributed by atoms with E-state index in [2.05, 4.69) is 53.3 Å². The van der Waals surface area contributed by atoms with Gasteiger partial charge in [-0.1, -0.05) is 19.1 Å². The first-order chi connectivity index (χ1) is 7.25. The lowest BCUT2D eigenvalue weighted by Gasteiger charge is -2.09. The molecule has 0 aliphatic carbocycles. The Labute approximate surface area is 105 Å². The third-order valence-electron chi connectivity index (χ3n) is 2.18. The average Bonchev–Trinajstić information content (AvgIpc) is 2.24. The Morgan fingerprint density at radius 2 is 2.20 bits per heavy atom. The van der Waals surface area contributed by atoms with Crippen LogP contribution < -0.4 is 5.32 Å². The van der Waals surface area contributed by atoms with Crippen LogP contribution in [0.25, 0.3) is 0 Å². The standard InChI is InChI=1S/C12H18BrNS/c1-3-15-9-5-8-14-11-7-4-6-10(2)12(11)13/h4,6-7,14H,3,5,8-9H2,1-2H3. The number of thioether (sulfide) groups is 1. The van der Waals surface area contributed by atoms with Crippen LogP contribution in [-0.2, 0) is 0 Å². The molecule has 0 amide bonds. The lowest BCUT2D eigenvalue weighted by Crippen LogP contribution is -2.03. The minimum atomic E-state index is 1.05. The highest BCUT2D eigenvalue weighted by Gasteiger charge is 2.00. The Morgan fingerprint density at radius 1 is 1.40 bits per heavy atom. The van der Waals surface area contributed by atoms with Crippen molar-refractivity contribution in [2.24, 2.45) is 0 Å². The van der Waals surface area contributed by atoms with Crippen molar-refractivity contribution in [1.29, 1.82) is 0 Å². The van der Waals surface area contributed by atoms with Crippen LogP contribution in [-0.4, -0.2) is 18.1 Å². The first-order valence-electron chi connectivity index (χ1n) is 5.32. The Bertz CT molecular complexity index is 302. The summed E-state index contributed by atoms with van der Waals surface area (Å²) < 4.78 is 1.19. The van der Waals surface area contributed by atoms with Crippen molar-refractivity contribution in [2.45, 2.75) is 20.3 Å². The Hall–Kier alpha value is -0.150. The van der Waals surface area contributed by atoms with E-state index in [0.717, 1.165) is 6.54 Å². The number of hydrogen-bond donors (Lipinski definition) is 1. The smallest absolute Gasteiger partial charge is 0.0487 e. The molecule has 0 heterocycles. The van der Waals surface area contributed by atoms with E-state index in [1.807, 2.05) is 11.8 Å². The number of nitrogens with one attached hydrogen (secondary N) is 1. The molecule has 1 nitrogen and oxygen atoms in total. The quantitative estimate of drug-likeness (QED) is 0.783. The van der Waals surface area contributed by atoms with Crippen molar-refractivity contribution in [2.75, 3.05) is 23.4 Å². The van der Waals surface area contributed by atoms with Gasteiger partial charge < -0.3 is 5.32 Å². The molecule has 1 N–H and O–H groups in total. The van der Waals surface area contributed by atoms with Gasteiger partial charge in [0, 0.05) is 16.7 Å². The van der Waals surface area contributed by atoms with E-state index in [4.69, 9.17) is 0 Å². The molecule has 0 unspecified atom stereocenters. The molecule has 15 heavy (non-hydrogen) atoms. The van der Waals surface area contributed by atoms with E-state index >= 15 is 0 Å². The van der Waals surface area contributed by atoms with Gasteiger partial charge in [-0.25, -0.2) is 0 Å². The van der Waals surface area contributed by atoms with Gasteiger partial charge in [-0.3, -0.25) is 0 Å². The maximum Gasteiger partial charge on any atom is 0.0487 e. The van der Waals surface area contributed by atoms with Crippen molar-refractivity contribution >= 4 is 33.4 Å². The third-order valence-corrected chi connectivity index (χ3v) is 4.22. The normalized spacial score (nSPS) is 10.3. The van der Waals surface area contributed by atoms with Gasteiger partial charge in [-0.2, -0.15) is 11.8 Å². The lowest BCUT2D eigenvalue weighted by atomic mass is 10.2. The largest absolute Gasteiger partial charge is 0.384 e. The second-order valence-electron chi connectivity index (χ2n) is 3.41. The summed E-state index contributed by atoms with van der Waals surface area (Å²) in [5.41, 5.74) is 2.49. The molecule has 0 aromatic heterocycles. The zero-order valence-corrected chi connectivity index (χ0v) is 11.7. The SMILES string of the molecule is CCSCCCNc1cccc(C)c1Br. The molecule has 84 valence electrons. The van der Waals surface area contributed by atoms with Gasteiger partial charge in [0.05, 0.1) is 0 Å². The Kier molecular flexibility index (Phi) is 6.18. The van der Waals surface area contributed by atoms with Crippen LogP contribution in [0.2, 0.25) is 0 Å². The highest BCUT2D eigenvalue weighted by atomic mass is 79.9. The van der Waals surface area contributed by atoms with Gasteiger partial charge in [0.1, 0.15) is 0 Å². The molecule has 0 saturated heterocycles. The average molecular weight is 288 g/mol. The zero-order valence-electron chi connectivity index (χ0n) is 9.35. The minimum Gasteiger partial charge on any atom is -0.384 e. The van der Waals surface area contributed by atoms with E-state index in [-0.39, 0.29) is 0 Å². The summed E-state index contributed by atoms with van der Waals surface area (Å²) in [7, 11) is 0. The van der Waals surface area contributed by atoms with Crippen molar-refractivity contribution in [1.82, 2.24) is 0 Å². The van der Waals surface area contributed by atoms with Gasteiger partial charge in [-0.05, 0) is 52.4 Å². The monoisotopic (exact) mass is 287 g/mol. The molecule has 0 atom stereocenters. The first-order valence-corrected chi connectivity index (χ1v) is 7.27. The van der Waals surface area contributed by atoms with Crippen LogP contribution in [0, 0.1) is 6.92 Å². The summed E-state index contributed by atoms with van der Waals surface area (Å²) in [6.45, 7) is 5.37. The second kappa shape index (κ2) is 7.18. The Balaban J connectivity index is 2.34. The van der Waals surface area contributed by atoms with Gasteiger partial charge in [0.2, 0.25) is 0 Å². The van der Waals surface area contributed by atoms with Crippen molar-refractivity contribution in [3.8, 4) is 0 Å². The number of anilines is 1. The fourth-order valence-corrected chi connectivity index (χ4v) is 2.37. The summed E-state index contributed by atoms with van der Waals surface area (Å²) in [4.78, 5) is 0. The molecular formula is C12H18BrNS. The van der Waals surface area contributed by atoms with Crippen LogP contribution in [0.15, 0.2) is 22.7 Å². The minimum absolute atomic E-state index is 1.05. The highest BCUT2D eigenvalue weighted by Crippen LogP contribution is 2.25. The zero-order chi connectivity index (χ0) is 11.1. The third kappa shape index (κ3) is 4.47. The molecular weight excluding hydrogens is 270 g/mol. The van der Waals surface area contributed by atoms with E-state index in [1.54, 1.807) is 0 Å². The number of halogens is 1. The molecule has 1 aromatic carbocycles. The van der Waals surface area contributed by atoms with E-state index < -0.39 is 0 Å². The predicted molar refractivity (Wildman–Crippen MR) is 75.0 cm³/mol. The summed E-state index contributed by atoms with van der Waals surface area (Å²) in [6.07, 6.45) is 1.22. The molecule has 0 aliphatic rings. The van der Waals surface area contributed by atoms with E-state index in [0.29, 0.717) is 0 Å². The predicted octanol–water partition coefficient (Wildman–Crippen LogP) is 4.31. The second-order valence-corrected chi connectivity index (χ2v) is 5.60. The molecule has 0 spiro atoms. The first kappa shape index (κ1) is 12.9. The molecule has 1 rings (SSSR count). The fraction of sp³-hybridized carbons (Fsp3) is 0.500. The van der Waals surface area contributed by atoms with E-state index in [9.17, 15) is 0 Å². The number of aryl methyl sites for hydroxylation is 1. The highest BCUT2D eigenvalue weighted by molar-refractivity contribution is 9.10. The summed E-state index contributed by atoms with van der Waals surface area (Å²) in [6, 6.07) is 6.31. The number of hydrogen-bond acceptors (Lipinski definition) is 2. The molecule has 0 aliphatic heterocycles. The molecule has 0 radical (unpaired) electrons. The molecule has 0 fully saturated rings. The molecule has 1 aromatic rings. The van der Waals surface area contributed by atoms with Crippen LogP contribution >= 0.6 is 27.7 Å². The molecule has 0 saturated carbocycles. The Morgan fingerprint density at radius 3 is 2.93 bits per heavy atom. The summed E-state index contributed by atoms with van der Waals surface area (Å²) >= 11 is 5.59. The maximum atomic E-state index is 3.60. The van der Waals surface area contributed by atoms with Crippen molar-refractivity contribution in [3.63, 3.8) is 0 Å². The van der Waals surface area contributed by atoms with Crippen molar-refractivity contribution < 1.29 is 0 Å². The summed E-state index contributed by atoms with van der Waals surface area (Å²) in [5.74, 6) is 2.46. The number of rotatable bonds is 6. The molecule has 0 bridgehead atoms. The van der Waals surface area contributed by atoms with Crippen LogP contribution in [0.1, 0.15) is 18.9 Å². The van der Waals surface area contributed by atoms with Gasteiger partial charge in [-0.15, -0.1) is 0 Å². The maximum absolute atomic E-state index is 3.60. The van der Waals surface area contributed by atoms with Crippen LogP contribution in [0.3, 0.4) is 0 Å². The van der Waals surface area contributed by atoms with Gasteiger partial charge in [0.15, 0.2) is 0 Å². The molecule has 3 heteroatoms. The van der Waals surface area contributed by atoms with Crippen molar-refractivity contribution in [3.05, 3.63) is 28.2 Å². The number of benzene rings is 1. The fourth-order valence-electron chi connectivity index (χ4n) is 1.33. The van der Waals surface area contributed by atoms with Crippen LogP contribution in [0.4, 0.5) is 5.69 Å². The van der Waals surface area contributed by atoms with Gasteiger partial charge in [0.25, 0.3) is 0 Å². The van der Waals surface area contributed by atoms with Gasteiger partial charge >= 0.3 is 0 Å².